The summed E-state index contributed by atoms with van der Waals surface area (Å²) in [5, 5.41) is 0. The molecule has 0 aromatic heterocycles. The van der Waals surface area contributed by atoms with Gasteiger partial charge < -0.3 is 9.47 Å². The summed E-state index contributed by atoms with van der Waals surface area (Å²) >= 11 is 0. The van der Waals surface area contributed by atoms with Crippen LogP contribution in [0, 0.1) is 0 Å². The number of ketones is 1. The SMILES string of the molecule is COC(=O)C(OCc1ccccc1)C(C)=O. The van der Waals surface area contributed by atoms with Gasteiger partial charge in [-0.2, -0.15) is 0 Å². The van der Waals surface area contributed by atoms with Gasteiger partial charge in [0.1, 0.15) is 0 Å². The van der Waals surface area contributed by atoms with Gasteiger partial charge in [-0.15, -0.1) is 0 Å². The van der Waals surface area contributed by atoms with Gasteiger partial charge in [0.25, 0.3) is 0 Å². The highest BCUT2D eigenvalue weighted by molar-refractivity contribution is 6.00. The van der Waals surface area contributed by atoms with Gasteiger partial charge in [0.2, 0.25) is 6.10 Å². The number of Topliss-reactive ketones (excluding diaryl/α,β-unsaturated/α-hetero) is 1. The monoisotopic (exact) mass is 222 g/mol. The minimum Gasteiger partial charge on any atom is -0.467 e. The van der Waals surface area contributed by atoms with Gasteiger partial charge in [0.15, 0.2) is 5.78 Å². The van der Waals surface area contributed by atoms with E-state index in [0.29, 0.717) is 0 Å². The average molecular weight is 222 g/mol. The Kier molecular flexibility index (Phi) is 4.66. The predicted octanol–water partition coefficient (Wildman–Crippen LogP) is 1.33. The summed E-state index contributed by atoms with van der Waals surface area (Å²) in [4.78, 5) is 22.3. The van der Waals surface area contributed by atoms with Gasteiger partial charge in [-0.25, -0.2) is 4.79 Å². The van der Waals surface area contributed by atoms with Crippen LogP contribution in [0.2, 0.25) is 0 Å². The summed E-state index contributed by atoms with van der Waals surface area (Å²) in [6.45, 7) is 1.51. The van der Waals surface area contributed by atoms with Crippen molar-refractivity contribution in [3.63, 3.8) is 0 Å². The molecule has 0 saturated heterocycles. The van der Waals surface area contributed by atoms with Gasteiger partial charge in [0, 0.05) is 0 Å². The second kappa shape index (κ2) is 6.02. The molecule has 0 fully saturated rings. The molecule has 0 aliphatic rings. The Morgan fingerprint density at radius 2 is 1.88 bits per heavy atom. The molecule has 4 nitrogen and oxygen atoms in total. The van der Waals surface area contributed by atoms with Gasteiger partial charge in [-0.1, -0.05) is 30.3 Å². The molecular formula is C12H14O4. The second-order valence-corrected chi connectivity index (χ2v) is 3.31. The Balaban J connectivity index is 2.57. The zero-order valence-corrected chi connectivity index (χ0v) is 9.30. The predicted molar refractivity (Wildman–Crippen MR) is 57.7 cm³/mol. The highest BCUT2D eigenvalue weighted by Gasteiger charge is 2.24. The van der Waals surface area contributed by atoms with E-state index < -0.39 is 12.1 Å². The first-order valence-electron chi connectivity index (χ1n) is 4.89. The molecule has 0 N–H and O–H groups in total. The maximum Gasteiger partial charge on any atom is 0.342 e. The third-order valence-electron chi connectivity index (χ3n) is 2.04. The molecular weight excluding hydrogens is 208 g/mol. The number of esters is 1. The molecule has 0 amide bonds. The van der Waals surface area contributed by atoms with E-state index in [1.54, 1.807) is 0 Å². The fourth-order valence-electron chi connectivity index (χ4n) is 1.21. The third kappa shape index (κ3) is 3.47. The summed E-state index contributed by atoms with van der Waals surface area (Å²) in [5.41, 5.74) is 0.901. The van der Waals surface area contributed by atoms with Crippen molar-refractivity contribution in [2.75, 3.05) is 7.11 Å². The minimum atomic E-state index is -1.13. The van der Waals surface area contributed by atoms with Gasteiger partial charge >= 0.3 is 5.97 Å². The van der Waals surface area contributed by atoms with Crippen LogP contribution in [0.25, 0.3) is 0 Å². The first-order valence-corrected chi connectivity index (χ1v) is 4.89. The molecule has 1 rings (SSSR count). The maximum absolute atomic E-state index is 11.2. The normalized spacial score (nSPS) is 11.9. The highest BCUT2D eigenvalue weighted by Crippen LogP contribution is 2.05. The molecule has 0 saturated carbocycles. The number of hydrogen-bond donors (Lipinski definition) is 0. The Labute approximate surface area is 94.2 Å². The van der Waals surface area contributed by atoms with Gasteiger partial charge in [-0.3, -0.25) is 4.79 Å². The third-order valence-corrected chi connectivity index (χ3v) is 2.04. The van der Waals surface area contributed by atoms with Crippen LogP contribution in [0.4, 0.5) is 0 Å². The zero-order chi connectivity index (χ0) is 12.0. The molecule has 86 valence electrons. The van der Waals surface area contributed by atoms with Crippen molar-refractivity contribution >= 4 is 11.8 Å². The van der Waals surface area contributed by atoms with Crippen LogP contribution < -0.4 is 0 Å². The van der Waals surface area contributed by atoms with E-state index in [4.69, 9.17) is 4.74 Å². The Morgan fingerprint density at radius 3 is 2.38 bits per heavy atom. The minimum absolute atomic E-state index is 0.209. The topological polar surface area (TPSA) is 52.6 Å². The van der Waals surface area contributed by atoms with Crippen molar-refractivity contribution in [2.24, 2.45) is 0 Å². The first-order chi connectivity index (χ1) is 7.65. The zero-order valence-electron chi connectivity index (χ0n) is 9.30. The van der Waals surface area contributed by atoms with E-state index in [9.17, 15) is 9.59 Å². The summed E-state index contributed by atoms with van der Waals surface area (Å²) < 4.78 is 9.70. The molecule has 1 atom stereocenters. The first kappa shape index (κ1) is 12.4. The smallest absolute Gasteiger partial charge is 0.342 e. The molecule has 0 heterocycles. The number of benzene rings is 1. The van der Waals surface area contributed by atoms with Crippen LogP contribution in [0.3, 0.4) is 0 Å². The molecule has 16 heavy (non-hydrogen) atoms. The number of methoxy groups -OCH3 is 1. The summed E-state index contributed by atoms with van der Waals surface area (Å²) in [6, 6.07) is 9.31. The van der Waals surface area contributed by atoms with Gasteiger partial charge in [0.05, 0.1) is 13.7 Å². The lowest BCUT2D eigenvalue weighted by Gasteiger charge is -2.12. The Bertz CT molecular complexity index is 359. The molecule has 1 aromatic rings. The van der Waals surface area contributed by atoms with Crippen molar-refractivity contribution in [1.29, 1.82) is 0 Å². The van der Waals surface area contributed by atoms with Crippen LogP contribution in [0.15, 0.2) is 30.3 Å². The van der Waals surface area contributed by atoms with Crippen LogP contribution in [0.5, 0.6) is 0 Å². The van der Waals surface area contributed by atoms with E-state index in [1.165, 1.54) is 14.0 Å². The lowest BCUT2D eigenvalue weighted by atomic mass is 10.2. The van der Waals surface area contributed by atoms with Crippen molar-refractivity contribution in [3.05, 3.63) is 35.9 Å². The molecule has 0 radical (unpaired) electrons. The van der Waals surface area contributed by atoms with E-state index in [1.807, 2.05) is 30.3 Å². The van der Waals surface area contributed by atoms with Crippen molar-refractivity contribution in [3.8, 4) is 0 Å². The van der Waals surface area contributed by atoms with Crippen LogP contribution >= 0.6 is 0 Å². The number of carbonyl (C=O) groups excluding carboxylic acids is 2. The molecule has 0 bridgehead atoms. The fourth-order valence-corrected chi connectivity index (χ4v) is 1.21. The lowest BCUT2D eigenvalue weighted by molar-refractivity contribution is -0.159. The Hall–Kier alpha value is -1.68. The Morgan fingerprint density at radius 1 is 1.25 bits per heavy atom. The maximum atomic E-state index is 11.2. The molecule has 0 aliphatic carbocycles. The summed E-state index contributed by atoms with van der Waals surface area (Å²) in [7, 11) is 1.23. The summed E-state index contributed by atoms with van der Waals surface area (Å²) in [5.74, 6) is -1.02. The molecule has 0 aliphatic heterocycles. The number of hydrogen-bond acceptors (Lipinski definition) is 4. The number of rotatable bonds is 5. The van der Waals surface area contributed by atoms with Crippen molar-refractivity contribution < 1.29 is 19.1 Å². The van der Waals surface area contributed by atoms with Crippen LogP contribution in [0.1, 0.15) is 12.5 Å². The van der Waals surface area contributed by atoms with E-state index >= 15 is 0 Å². The molecule has 4 heteroatoms. The van der Waals surface area contributed by atoms with E-state index in [2.05, 4.69) is 4.74 Å². The van der Waals surface area contributed by atoms with Crippen molar-refractivity contribution in [2.45, 2.75) is 19.6 Å². The quantitative estimate of drug-likeness (QED) is 0.557. The van der Waals surface area contributed by atoms with E-state index in [-0.39, 0.29) is 12.4 Å². The lowest BCUT2D eigenvalue weighted by Crippen LogP contribution is -2.32. The average Bonchev–Trinajstić information content (AvgIpc) is 2.30. The largest absolute Gasteiger partial charge is 0.467 e. The molecule has 0 spiro atoms. The molecule has 1 aromatic carbocycles. The standard InChI is InChI=1S/C12H14O4/c1-9(13)11(12(14)15-2)16-8-10-6-4-3-5-7-10/h3-7,11H,8H2,1-2H3. The molecule has 1 unspecified atom stereocenters. The van der Waals surface area contributed by atoms with E-state index in [0.717, 1.165) is 5.56 Å². The van der Waals surface area contributed by atoms with Crippen LogP contribution in [-0.2, 0) is 25.7 Å². The van der Waals surface area contributed by atoms with Crippen molar-refractivity contribution in [1.82, 2.24) is 0 Å². The van der Waals surface area contributed by atoms with Crippen LogP contribution in [-0.4, -0.2) is 25.0 Å². The number of carbonyl (C=O) groups is 2. The number of ether oxygens (including phenoxy) is 2. The summed E-state index contributed by atoms with van der Waals surface area (Å²) in [6.07, 6.45) is -1.13. The van der Waals surface area contributed by atoms with Gasteiger partial charge in [-0.05, 0) is 12.5 Å². The second-order valence-electron chi connectivity index (χ2n) is 3.31. The highest BCUT2D eigenvalue weighted by atomic mass is 16.6. The fraction of sp³-hybridized carbons (Fsp3) is 0.333.